The molecule has 0 aliphatic carbocycles. The second-order valence-electron chi connectivity index (χ2n) is 6.71. The first-order chi connectivity index (χ1) is 11.1. The fraction of sp³-hybridized carbons (Fsp3) is 0.381. The van der Waals surface area contributed by atoms with Crippen LogP contribution >= 0.6 is 0 Å². The number of nitrogens with zero attached hydrogens (tertiary/aromatic N) is 1. The van der Waals surface area contributed by atoms with Gasteiger partial charge in [-0.3, -0.25) is 9.69 Å². The van der Waals surface area contributed by atoms with Gasteiger partial charge in [0.15, 0.2) is 0 Å². The van der Waals surface area contributed by atoms with Gasteiger partial charge in [0.25, 0.3) is 0 Å². The molecule has 120 valence electrons. The van der Waals surface area contributed by atoms with E-state index in [9.17, 15) is 4.79 Å². The van der Waals surface area contributed by atoms with Crippen LogP contribution in [0, 0.1) is 5.92 Å². The number of benzene rings is 2. The molecule has 0 saturated heterocycles. The normalized spacial score (nSPS) is 20.2. The Bertz CT molecular complexity index is 690. The van der Waals surface area contributed by atoms with Crippen molar-refractivity contribution in [3.05, 3.63) is 60.2 Å². The van der Waals surface area contributed by atoms with Crippen LogP contribution in [0.2, 0.25) is 0 Å². The van der Waals surface area contributed by atoms with E-state index in [0.717, 1.165) is 30.6 Å². The van der Waals surface area contributed by atoms with Crippen LogP contribution in [0.5, 0.6) is 0 Å². The van der Waals surface area contributed by atoms with E-state index in [1.807, 2.05) is 47.4 Å². The van der Waals surface area contributed by atoms with E-state index >= 15 is 0 Å². The topological polar surface area (TPSA) is 20.3 Å². The molecule has 2 heteroatoms. The van der Waals surface area contributed by atoms with Crippen LogP contribution in [-0.2, 0) is 10.2 Å². The SMILES string of the molecule is CCC(CC)C[C@@]1(C)C(=O)N(c2ccccc2)c2ccccc21. The third kappa shape index (κ3) is 2.56. The molecule has 0 fully saturated rings. The van der Waals surface area contributed by atoms with Crippen molar-refractivity contribution in [2.75, 3.05) is 4.90 Å². The van der Waals surface area contributed by atoms with E-state index in [4.69, 9.17) is 0 Å². The van der Waals surface area contributed by atoms with Gasteiger partial charge in [0.1, 0.15) is 0 Å². The van der Waals surface area contributed by atoms with Crippen LogP contribution in [0.1, 0.15) is 45.6 Å². The third-order valence-corrected chi connectivity index (χ3v) is 5.28. The van der Waals surface area contributed by atoms with Gasteiger partial charge < -0.3 is 0 Å². The zero-order valence-corrected chi connectivity index (χ0v) is 14.3. The van der Waals surface area contributed by atoms with Crippen LogP contribution in [0.25, 0.3) is 0 Å². The monoisotopic (exact) mass is 307 g/mol. The van der Waals surface area contributed by atoms with Crippen LogP contribution in [0.4, 0.5) is 11.4 Å². The van der Waals surface area contributed by atoms with Crippen LogP contribution in [0.3, 0.4) is 0 Å². The minimum absolute atomic E-state index is 0.205. The lowest BCUT2D eigenvalue weighted by molar-refractivity contribution is -0.122. The third-order valence-electron chi connectivity index (χ3n) is 5.28. The van der Waals surface area contributed by atoms with Crippen molar-refractivity contribution in [1.82, 2.24) is 0 Å². The molecular weight excluding hydrogens is 282 g/mol. The zero-order valence-electron chi connectivity index (χ0n) is 14.3. The number of carbonyl (C=O) groups excluding carboxylic acids is 1. The molecule has 0 radical (unpaired) electrons. The second-order valence-corrected chi connectivity index (χ2v) is 6.71. The van der Waals surface area contributed by atoms with E-state index in [0.29, 0.717) is 5.92 Å². The number of carbonyl (C=O) groups is 1. The van der Waals surface area contributed by atoms with Crippen molar-refractivity contribution in [3.8, 4) is 0 Å². The van der Waals surface area contributed by atoms with Crippen molar-refractivity contribution < 1.29 is 4.79 Å². The summed E-state index contributed by atoms with van der Waals surface area (Å²) in [7, 11) is 0. The first kappa shape index (κ1) is 15.8. The van der Waals surface area contributed by atoms with Crippen LogP contribution in [0.15, 0.2) is 54.6 Å². The van der Waals surface area contributed by atoms with Gasteiger partial charge in [0.2, 0.25) is 5.91 Å². The number of anilines is 2. The Morgan fingerprint density at radius 1 is 0.957 bits per heavy atom. The predicted octanol–water partition coefficient (Wildman–Crippen LogP) is 5.45. The maximum Gasteiger partial charge on any atom is 0.242 e. The molecule has 1 atom stereocenters. The summed E-state index contributed by atoms with van der Waals surface area (Å²) in [5, 5.41) is 0. The lowest BCUT2D eigenvalue weighted by Crippen LogP contribution is -2.37. The zero-order chi connectivity index (χ0) is 16.4. The van der Waals surface area contributed by atoms with Gasteiger partial charge in [0, 0.05) is 5.69 Å². The summed E-state index contributed by atoms with van der Waals surface area (Å²) in [6, 6.07) is 18.2. The molecule has 2 nitrogen and oxygen atoms in total. The Labute approximate surface area is 139 Å². The quantitative estimate of drug-likeness (QED) is 0.719. The van der Waals surface area contributed by atoms with E-state index in [2.05, 4.69) is 32.9 Å². The number of amides is 1. The van der Waals surface area contributed by atoms with Crippen molar-refractivity contribution >= 4 is 17.3 Å². The Morgan fingerprint density at radius 2 is 1.57 bits per heavy atom. The molecule has 1 aliphatic heterocycles. The highest BCUT2D eigenvalue weighted by Crippen LogP contribution is 2.48. The van der Waals surface area contributed by atoms with E-state index in [-0.39, 0.29) is 5.91 Å². The highest BCUT2D eigenvalue weighted by atomic mass is 16.2. The van der Waals surface area contributed by atoms with E-state index in [1.165, 1.54) is 5.56 Å². The highest BCUT2D eigenvalue weighted by Gasteiger charge is 2.48. The molecule has 0 N–H and O–H groups in total. The van der Waals surface area contributed by atoms with E-state index in [1.54, 1.807) is 0 Å². The second kappa shape index (κ2) is 6.19. The molecule has 2 aromatic rings. The molecule has 23 heavy (non-hydrogen) atoms. The van der Waals surface area contributed by atoms with Gasteiger partial charge in [-0.15, -0.1) is 0 Å². The fourth-order valence-electron chi connectivity index (χ4n) is 3.79. The van der Waals surface area contributed by atoms with Crippen LogP contribution in [-0.4, -0.2) is 5.91 Å². The van der Waals surface area contributed by atoms with Gasteiger partial charge in [-0.25, -0.2) is 0 Å². The summed E-state index contributed by atoms with van der Waals surface area (Å²) in [5.41, 5.74) is 2.74. The van der Waals surface area contributed by atoms with Crippen molar-refractivity contribution in [2.45, 2.75) is 45.4 Å². The van der Waals surface area contributed by atoms with Crippen molar-refractivity contribution in [2.24, 2.45) is 5.92 Å². The molecule has 0 bridgehead atoms. The van der Waals surface area contributed by atoms with Gasteiger partial charge in [-0.2, -0.15) is 0 Å². The lowest BCUT2D eigenvalue weighted by atomic mass is 9.75. The molecule has 0 saturated carbocycles. The Morgan fingerprint density at radius 3 is 2.22 bits per heavy atom. The maximum atomic E-state index is 13.4. The summed E-state index contributed by atoms with van der Waals surface area (Å²) in [6.45, 7) is 6.56. The van der Waals surface area contributed by atoms with Gasteiger partial charge >= 0.3 is 0 Å². The fourth-order valence-corrected chi connectivity index (χ4v) is 3.79. The minimum atomic E-state index is -0.427. The summed E-state index contributed by atoms with van der Waals surface area (Å²) in [6.07, 6.45) is 3.15. The Kier molecular flexibility index (Phi) is 4.25. The lowest BCUT2D eigenvalue weighted by Gasteiger charge is -2.28. The van der Waals surface area contributed by atoms with E-state index < -0.39 is 5.41 Å². The Balaban J connectivity index is 2.08. The molecule has 0 spiro atoms. The highest BCUT2D eigenvalue weighted by molar-refractivity contribution is 6.12. The van der Waals surface area contributed by atoms with Gasteiger partial charge in [0.05, 0.1) is 11.1 Å². The summed E-state index contributed by atoms with van der Waals surface area (Å²) < 4.78 is 0. The smallest absolute Gasteiger partial charge is 0.242 e. The molecule has 1 amide bonds. The molecule has 2 aromatic carbocycles. The number of hydrogen-bond acceptors (Lipinski definition) is 1. The summed E-state index contributed by atoms with van der Waals surface area (Å²) >= 11 is 0. The first-order valence-corrected chi connectivity index (χ1v) is 8.61. The molecule has 1 heterocycles. The average Bonchev–Trinajstić information content (AvgIpc) is 2.82. The number of para-hydroxylation sites is 2. The number of hydrogen-bond donors (Lipinski definition) is 0. The van der Waals surface area contributed by atoms with Crippen LogP contribution < -0.4 is 4.90 Å². The summed E-state index contributed by atoms with van der Waals surface area (Å²) in [4.78, 5) is 15.3. The maximum absolute atomic E-state index is 13.4. The predicted molar refractivity (Wildman–Crippen MR) is 96.1 cm³/mol. The number of fused-ring (bicyclic) bond motifs is 1. The molecule has 3 rings (SSSR count). The molecule has 1 aliphatic rings. The van der Waals surface area contributed by atoms with Crippen molar-refractivity contribution in [1.29, 1.82) is 0 Å². The number of rotatable bonds is 5. The first-order valence-electron chi connectivity index (χ1n) is 8.61. The molecule has 0 unspecified atom stereocenters. The summed E-state index contributed by atoms with van der Waals surface area (Å²) in [5.74, 6) is 0.782. The van der Waals surface area contributed by atoms with Crippen molar-refractivity contribution in [3.63, 3.8) is 0 Å². The standard InChI is InChI=1S/C21H25NO/c1-4-16(5-2)15-21(3)18-13-9-10-14-19(18)22(20(21)23)17-11-7-6-8-12-17/h6-14,16H,4-5,15H2,1-3H3/t21-/m1/s1. The van der Waals surface area contributed by atoms with Gasteiger partial charge in [-0.05, 0) is 43.0 Å². The molecule has 0 aromatic heterocycles. The average molecular weight is 307 g/mol. The van der Waals surface area contributed by atoms with Gasteiger partial charge in [-0.1, -0.05) is 63.1 Å². The molecular formula is C21H25NO. The Hall–Kier alpha value is -2.09. The minimum Gasteiger partial charge on any atom is -0.280 e. The largest absolute Gasteiger partial charge is 0.280 e.